The monoisotopic (exact) mass is 343 g/mol. The maximum atomic E-state index is 12.5. The Morgan fingerprint density at radius 1 is 1.48 bits per heavy atom. The molecule has 25 heavy (non-hydrogen) atoms. The molecule has 134 valence electrons. The third-order valence-electron chi connectivity index (χ3n) is 4.77. The molecule has 1 aromatic heterocycles. The Hall–Kier alpha value is -2.21. The summed E-state index contributed by atoms with van der Waals surface area (Å²) in [5.74, 6) is 0.000594. The van der Waals surface area contributed by atoms with E-state index in [0.29, 0.717) is 24.8 Å². The minimum Gasteiger partial charge on any atom is -0.376 e. The van der Waals surface area contributed by atoms with Gasteiger partial charge in [-0.3, -0.25) is 14.2 Å². The van der Waals surface area contributed by atoms with Crippen LogP contribution in [0, 0.1) is 6.92 Å². The fraction of sp³-hybridized carbons (Fsp3) is 0.526. The van der Waals surface area contributed by atoms with Gasteiger partial charge < -0.3 is 10.1 Å². The standard InChI is InChI=1S/C19H25N3O3/c1-13-6-3-7-15-18(13)20-12-22(19(15)24)10-4-9-17(23)21-14(2)16-8-5-11-25-16/h3,6-7,12,14,16H,4-5,8-11H2,1-2H3,(H,21,23)/t14-,16-/m1/s1. The molecule has 0 aliphatic carbocycles. The molecule has 2 heterocycles. The first kappa shape index (κ1) is 17.6. The lowest BCUT2D eigenvalue weighted by Gasteiger charge is -2.20. The van der Waals surface area contributed by atoms with E-state index in [0.717, 1.165) is 30.5 Å². The molecule has 0 unspecified atom stereocenters. The van der Waals surface area contributed by atoms with Crippen LogP contribution in [-0.2, 0) is 16.1 Å². The molecule has 6 nitrogen and oxygen atoms in total. The molecule has 6 heteroatoms. The quantitative estimate of drug-likeness (QED) is 0.872. The number of para-hydroxylation sites is 1. The number of fused-ring (bicyclic) bond motifs is 1. The number of ether oxygens (including phenoxy) is 1. The minimum absolute atomic E-state index is 0.000594. The SMILES string of the molecule is Cc1cccc2c(=O)n(CCCC(=O)N[C@H](C)[C@H]3CCCO3)cnc12. The summed E-state index contributed by atoms with van der Waals surface area (Å²) >= 11 is 0. The van der Waals surface area contributed by atoms with Gasteiger partial charge in [-0.15, -0.1) is 0 Å². The van der Waals surface area contributed by atoms with E-state index < -0.39 is 0 Å². The van der Waals surface area contributed by atoms with Gasteiger partial charge in [-0.1, -0.05) is 12.1 Å². The molecule has 1 amide bonds. The van der Waals surface area contributed by atoms with Crippen LogP contribution in [0.2, 0.25) is 0 Å². The predicted molar refractivity (Wildman–Crippen MR) is 96.6 cm³/mol. The maximum Gasteiger partial charge on any atom is 0.261 e. The molecule has 0 radical (unpaired) electrons. The average molecular weight is 343 g/mol. The van der Waals surface area contributed by atoms with Crippen LogP contribution in [0.25, 0.3) is 10.9 Å². The first-order valence-electron chi connectivity index (χ1n) is 8.92. The van der Waals surface area contributed by atoms with Crippen molar-refractivity contribution in [3.63, 3.8) is 0 Å². The molecule has 1 fully saturated rings. The van der Waals surface area contributed by atoms with Crippen molar-refractivity contribution in [2.45, 2.75) is 58.2 Å². The van der Waals surface area contributed by atoms with Crippen molar-refractivity contribution in [3.05, 3.63) is 40.4 Å². The zero-order chi connectivity index (χ0) is 17.8. The van der Waals surface area contributed by atoms with Crippen LogP contribution in [0.4, 0.5) is 0 Å². The van der Waals surface area contributed by atoms with Crippen LogP contribution >= 0.6 is 0 Å². The van der Waals surface area contributed by atoms with Crippen LogP contribution in [0.1, 0.15) is 38.2 Å². The first-order valence-corrected chi connectivity index (χ1v) is 8.92. The summed E-state index contributed by atoms with van der Waals surface area (Å²) in [4.78, 5) is 29.0. The molecule has 3 rings (SSSR count). The number of aromatic nitrogens is 2. The molecule has 2 aromatic rings. The van der Waals surface area contributed by atoms with Crippen molar-refractivity contribution in [1.29, 1.82) is 0 Å². The van der Waals surface area contributed by atoms with Crippen molar-refractivity contribution in [2.24, 2.45) is 0 Å². The van der Waals surface area contributed by atoms with Crippen LogP contribution < -0.4 is 10.9 Å². The molecule has 2 atom stereocenters. The van der Waals surface area contributed by atoms with Crippen molar-refractivity contribution in [2.75, 3.05) is 6.61 Å². The highest BCUT2D eigenvalue weighted by Gasteiger charge is 2.23. The second kappa shape index (κ2) is 7.78. The minimum atomic E-state index is -0.0539. The van der Waals surface area contributed by atoms with Gasteiger partial charge in [0.2, 0.25) is 5.91 Å². The third-order valence-corrected chi connectivity index (χ3v) is 4.77. The molecule has 1 aliphatic rings. The van der Waals surface area contributed by atoms with Gasteiger partial charge in [0.25, 0.3) is 5.56 Å². The number of hydrogen-bond acceptors (Lipinski definition) is 4. The number of nitrogens with zero attached hydrogens (tertiary/aromatic N) is 2. The lowest BCUT2D eigenvalue weighted by atomic mass is 10.1. The highest BCUT2D eigenvalue weighted by atomic mass is 16.5. The van der Waals surface area contributed by atoms with Crippen LogP contribution in [0.5, 0.6) is 0 Å². The Kier molecular flexibility index (Phi) is 5.48. The fourth-order valence-electron chi connectivity index (χ4n) is 3.32. The summed E-state index contributed by atoms with van der Waals surface area (Å²) in [6.07, 6.45) is 4.74. The van der Waals surface area contributed by atoms with Crippen LogP contribution in [0.15, 0.2) is 29.3 Å². The number of rotatable bonds is 6. The highest BCUT2D eigenvalue weighted by molar-refractivity contribution is 5.80. The molecule has 1 saturated heterocycles. The summed E-state index contributed by atoms with van der Waals surface area (Å²) in [6, 6.07) is 5.64. The van der Waals surface area contributed by atoms with Crippen LogP contribution in [-0.4, -0.2) is 34.2 Å². The van der Waals surface area contributed by atoms with Gasteiger partial charge in [-0.2, -0.15) is 0 Å². The molecule has 1 aliphatic heterocycles. The van der Waals surface area contributed by atoms with E-state index in [9.17, 15) is 9.59 Å². The Bertz CT molecular complexity index is 809. The summed E-state index contributed by atoms with van der Waals surface area (Å²) < 4.78 is 7.17. The van der Waals surface area contributed by atoms with E-state index in [1.54, 1.807) is 17.0 Å². The average Bonchev–Trinajstić information content (AvgIpc) is 3.12. The normalized spacial score (nSPS) is 18.4. The Morgan fingerprint density at radius 3 is 3.08 bits per heavy atom. The number of benzene rings is 1. The zero-order valence-corrected chi connectivity index (χ0v) is 14.8. The van der Waals surface area contributed by atoms with Gasteiger partial charge in [-0.25, -0.2) is 4.98 Å². The second-order valence-electron chi connectivity index (χ2n) is 6.73. The van der Waals surface area contributed by atoms with E-state index in [-0.39, 0.29) is 23.6 Å². The fourth-order valence-corrected chi connectivity index (χ4v) is 3.32. The molecule has 1 aromatic carbocycles. The number of nitrogens with one attached hydrogen (secondary N) is 1. The smallest absolute Gasteiger partial charge is 0.261 e. The summed E-state index contributed by atoms with van der Waals surface area (Å²) in [5, 5.41) is 3.62. The number of amides is 1. The number of hydrogen-bond donors (Lipinski definition) is 1. The second-order valence-corrected chi connectivity index (χ2v) is 6.73. The highest BCUT2D eigenvalue weighted by Crippen LogP contribution is 2.15. The van der Waals surface area contributed by atoms with Gasteiger partial charge in [0.05, 0.1) is 29.4 Å². The van der Waals surface area contributed by atoms with Crippen LogP contribution in [0.3, 0.4) is 0 Å². The van der Waals surface area contributed by atoms with Crippen molar-refractivity contribution >= 4 is 16.8 Å². The summed E-state index contributed by atoms with van der Waals surface area (Å²) in [7, 11) is 0. The van der Waals surface area contributed by atoms with Gasteiger partial charge in [0.15, 0.2) is 0 Å². The van der Waals surface area contributed by atoms with E-state index in [2.05, 4.69) is 10.3 Å². The number of carbonyl (C=O) groups excluding carboxylic acids is 1. The topological polar surface area (TPSA) is 73.2 Å². The lowest BCUT2D eigenvalue weighted by molar-refractivity contribution is -0.122. The maximum absolute atomic E-state index is 12.5. The Morgan fingerprint density at radius 2 is 2.32 bits per heavy atom. The van der Waals surface area contributed by atoms with E-state index in [4.69, 9.17) is 4.74 Å². The zero-order valence-electron chi connectivity index (χ0n) is 14.8. The van der Waals surface area contributed by atoms with Crippen molar-refractivity contribution < 1.29 is 9.53 Å². The number of carbonyl (C=O) groups is 1. The summed E-state index contributed by atoms with van der Waals surface area (Å²) in [5.41, 5.74) is 1.68. The van der Waals surface area contributed by atoms with Crippen molar-refractivity contribution in [1.82, 2.24) is 14.9 Å². The van der Waals surface area contributed by atoms with Gasteiger partial charge in [0, 0.05) is 19.6 Å². The van der Waals surface area contributed by atoms with Crippen molar-refractivity contribution in [3.8, 4) is 0 Å². The Labute approximate surface area is 147 Å². The molecular weight excluding hydrogens is 318 g/mol. The third kappa shape index (κ3) is 4.07. The van der Waals surface area contributed by atoms with E-state index >= 15 is 0 Å². The lowest BCUT2D eigenvalue weighted by Crippen LogP contribution is -2.40. The molecular formula is C19H25N3O3. The Balaban J connectivity index is 1.55. The summed E-state index contributed by atoms with van der Waals surface area (Å²) in [6.45, 7) is 5.19. The first-order chi connectivity index (χ1) is 12.1. The molecule has 0 bridgehead atoms. The predicted octanol–water partition coefficient (Wildman–Crippen LogP) is 2.17. The largest absolute Gasteiger partial charge is 0.376 e. The van der Waals surface area contributed by atoms with Gasteiger partial charge in [-0.05, 0) is 44.7 Å². The number of aryl methyl sites for hydroxylation is 2. The van der Waals surface area contributed by atoms with E-state index in [1.807, 2.05) is 26.0 Å². The molecule has 0 spiro atoms. The van der Waals surface area contributed by atoms with Gasteiger partial charge in [0.1, 0.15) is 0 Å². The van der Waals surface area contributed by atoms with Gasteiger partial charge >= 0.3 is 0 Å². The van der Waals surface area contributed by atoms with E-state index in [1.165, 1.54) is 0 Å². The molecule has 1 N–H and O–H groups in total. The molecule has 0 saturated carbocycles.